The van der Waals surface area contributed by atoms with Crippen molar-refractivity contribution in [2.75, 3.05) is 20.2 Å². The van der Waals surface area contributed by atoms with Crippen LogP contribution in [0.3, 0.4) is 0 Å². The number of alkyl halides is 3. The maximum atomic E-state index is 13.1. The number of nitrogens with one attached hydrogen (secondary N) is 1. The van der Waals surface area contributed by atoms with Crippen molar-refractivity contribution in [2.24, 2.45) is 0 Å². The van der Waals surface area contributed by atoms with E-state index in [-0.39, 0.29) is 13.2 Å². The van der Waals surface area contributed by atoms with E-state index in [1.165, 1.54) is 24.9 Å². The zero-order valence-electron chi connectivity index (χ0n) is 16.1. The number of hydrogen-bond donors (Lipinski definition) is 1. The van der Waals surface area contributed by atoms with E-state index in [4.69, 9.17) is 16.3 Å². The molecule has 0 unspecified atom stereocenters. The average Bonchev–Trinajstić information content (AvgIpc) is 2.67. The summed E-state index contributed by atoms with van der Waals surface area (Å²) >= 11 is 5.78. The van der Waals surface area contributed by atoms with E-state index < -0.39 is 38.6 Å². The third-order valence-electron chi connectivity index (χ3n) is 4.07. The molecule has 0 spiro atoms. The van der Waals surface area contributed by atoms with E-state index in [0.29, 0.717) is 16.8 Å². The maximum Gasteiger partial charge on any atom is 0.417 e. The number of ether oxygens (including phenoxy) is 1. The Morgan fingerprint density at radius 2 is 1.77 bits per heavy atom. The van der Waals surface area contributed by atoms with Gasteiger partial charge in [0.25, 0.3) is 0 Å². The first-order chi connectivity index (χ1) is 13.9. The van der Waals surface area contributed by atoms with E-state index in [0.717, 1.165) is 12.1 Å². The molecule has 1 amide bonds. The lowest BCUT2D eigenvalue weighted by Crippen LogP contribution is -2.46. The number of nitrogens with zero attached hydrogens (tertiary/aromatic N) is 1. The summed E-state index contributed by atoms with van der Waals surface area (Å²) in [5, 5.41) is 0.544. The lowest BCUT2D eigenvalue weighted by molar-refractivity contribution is -0.139. The van der Waals surface area contributed by atoms with Gasteiger partial charge in [-0.1, -0.05) is 23.7 Å². The van der Waals surface area contributed by atoms with Gasteiger partial charge in [-0.2, -0.15) is 17.9 Å². The molecule has 6 nitrogen and oxygen atoms in total. The Labute approximate surface area is 177 Å². The molecule has 164 valence electrons. The minimum atomic E-state index is -4.85. The minimum absolute atomic E-state index is 0.125. The number of carbonyl (C=O) groups excluding carboxylic acids is 1. The van der Waals surface area contributed by atoms with Gasteiger partial charge < -0.3 is 9.64 Å². The van der Waals surface area contributed by atoms with E-state index in [1.54, 1.807) is 24.3 Å². The largest absolute Gasteiger partial charge is 0.492 e. The number of likely N-dealkylation sites (N-methyl/N-ethyl adjacent to an activating group) is 1. The predicted molar refractivity (Wildman–Crippen MR) is 106 cm³/mol. The quantitative estimate of drug-likeness (QED) is 0.648. The second-order valence-corrected chi connectivity index (χ2v) is 8.52. The van der Waals surface area contributed by atoms with Gasteiger partial charge in [-0.3, -0.25) is 4.79 Å². The van der Waals surface area contributed by atoms with Crippen LogP contribution in [-0.2, 0) is 21.0 Å². The van der Waals surface area contributed by atoms with Crippen LogP contribution in [-0.4, -0.2) is 45.5 Å². The molecular formula is C19H20ClF3N2O4S. The van der Waals surface area contributed by atoms with Crippen LogP contribution in [0.25, 0.3) is 0 Å². The highest BCUT2D eigenvalue weighted by Gasteiger charge is 2.37. The minimum Gasteiger partial charge on any atom is -0.492 e. The fourth-order valence-electron chi connectivity index (χ4n) is 2.55. The first-order valence-electron chi connectivity index (χ1n) is 8.73. The normalized spacial score (nSPS) is 13.0. The number of rotatable bonds is 8. The molecule has 0 bridgehead atoms. The summed E-state index contributed by atoms with van der Waals surface area (Å²) in [7, 11) is -3.15. The summed E-state index contributed by atoms with van der Waals surface area (Å²) in [6.07, 6.45) is -4.85. The molecule has 30 heavy (non-hydrogen) atoms. The van der Waals surface area contributed by atoms with Crippen molar-refractivity contribution in [1.82, 2.24) is 9.62 Å². The standard InChI is InChI=1S/C19H20ClF3N2O4S/c1-13(18(26)25(2)11-12-29-15-9-7-14(20)8-10-15)24-30(27,28)17-6-4-3-5-16(17)19(21,22)23/h3-10,13,24H,11-12H2,1-2H3/t13-/m0/s1. The van der Waals surface area contributed by atoms with E-state index >= 15 is 0 Å². The van der Waals surface area contributed by atoms with Gasteiger partial charge in [0.2, 0.25) is 15.9 Å². The third kappa shape index (κ3) is 6.35. The molecule has 1 N–H and O–H groups in total. The van der Waals surface area contributed by atoms with Gasteiger partial charge in [-0.25, -0.2) is 8.42 Å². The Morgan fingerprint density at radius 3 is 2.37 bits per heavy atom. The molecule has 0 heterocycles. The molecule has 0 aliphatic carbocycles. The average molecular weight is 465 g/mol. The molecule has 0 fully saturated rings. The SMILES string of the molecule is C[C@H](NS(=O)(=O)c1ccccc1C(F)(F)F)C(=O)N(C)CCOc1ccc(Cl)cc1. The molecule has 2 rings (SSSR count). The zero-order chi connectivity index (χ0) is 22.5. The molecule has 2 aromatic rings. The second kappa shape index (κ2) is 9.67. The molecule has 0 saturated heterocycles. The number of hydrogen-bond acceptors (Lipinski definition) is 4. The van der Waals surface area contributed by atoms with Gasteiger partial charge in [0.05, 0.1) is 23.0 Å². The summed E-state index contributed by atoms with van der Waals surface area (Å²) in [5.74, 6) is -0.0828. The van der Waals surface area contributed by atoms with Gasteiger partial charge in [-0.15, -0.1) is 0 Å². The van der Waals surface area contributed by atoms with Gasteiger partial charge in [0.15, 0.2) is 0 Å². The smallest absolute Gasteiger partial charge is 0.417 e. The second-order valence-electron chi connectivity index (χ2n) is 6.40. The van der Waals surface area contributed by atoms with Crippen LogP contribution in [0.5, 0.6) is 5.75 Å². The lowest BCUT2D eigenvalue weighted by atomic mass is 10.2. The molecule has 0 aliphatic heterocycles. The Bertz CT molecular complexity index is 982. The molecule has 1 atom stereocenters. The predicted octanol–water partition coefficient (Wildman–Crippen LogP) is 3.56. The van der Waals surface area contributed by atoms with Gasteiger partial charge in [0.1, 0.15) is 12.4 Å². The van der Waals surface area contributed by atoms with Crippen molar-refractivity contribution in [2.45, 2.75) is 24.0 Å². The van der Waals surface area contributed by atoms with Crippen molar-refractivity contribution in [3.05, 3.63) is 59.1 Å². The van der Waals surface area contributed by atoms with E-state index in [2.05, 4.69) is 0 Å². The summed E-state index contributed by atoms with van der Waals surface area (Å²) in [4.78, 5) is 12.7. The van der Waals surface area contributed by atoms with Crippen molar-refractivity contribution in [3.8, 4) is 5.75 Å². The highest BCUT2D eigenvalue weighted by Crippen LogP contribution is 2.33. The van der Waals surface area contributed by atoms with E-state index in [1.807, 2.05) is 4.72 Å². The molecule has 0 radical (unpaired) electrons. The molecular weight excluding hydrogens is 445 g/mol. The van der Waals surface area contributed by atoms with Crippen LogP contribution in [0.15, 0.2) is 53.4 Å². The highest BCUT2D eigenvalue weighted by molar-refractivity contribution is 7.89. The van der Waals surface area contributed by atoms with Gasteiger partial charge >= 0.3 is 6.18 Å². The number of benzene rings is 2. The van der Waals surface area contributed by atoms with Gasteiger partial charge in [0, 0.05) is 12.1 Å². The number of carbonyl (C=O) groups is 1. The van der Waals surface area contributed by atoms with Crippen LogP contribution in [0.1, 0.15) is 12.5 Å². The third-order valence-corrected chi connectivity index (χ3v) is 5.92. The van der Waals surface area contributed by atoms with Crippen LogP contribution < -0.4 is 9.46 Å². The molecule has 0 aliphatic rings. The fourth-order valence-corrected chi connectivity index (χ4v) is 4.10. The van der Waals surface area contributed by atoms with Crippen LogP contribution in [0, 0.1) is 0 Å². The number of amides is 1. The van der Waals surface area contributed by atoms with Crippen LogP contribution in [0.2, 0.25) is 5.02 Å². The highest BCUT2D eigenvalue weighted by atomic mass is 35.5. The topological polar surface area (TPSA) is 75.7 Å². The van der Waals surface area contributed by atoms with Crippen molar-refractivity contribution >= 4 is 27.5 Å². The number of halogens is 4. The summed E-state index contributed by atoms with van der Waals surface area (Å²) < 4.78 is 71.7. The monoisotopic (exact) mass is 464 g/mol. The van der Waals surface area contributed by atoms with E-state index in [9.17, 15) is 26.4 Å². The Hall–Kier alpha value is -2.30. The van der Waals surface area contributed by atoms with Crippen molar-refractivity contribution < 1.29 is 31.1 Å². The van der Waals surface area contributed by atoms with Crippen LogP contribution in [0.4, 0.5) is 13.2 Å². The van der Waals surface area contributed by atoms with Crippen molar-refractivity contribution in [1.29, 1.82) is 0 Å². The van der Waals surface area contributed by atoms with Crippen LogP contribution >= 0.6 is 11.6 Å². The van der Waals surface area contributed by atoms with Crippen molar-refractivity contribution in [3.63, 3.8) is 0 Å². The summed E-state index contributed by atoms with van der Waals surface area (Å²) in [5.41, 5.74) is -1.30. The summed E-state index contributed by atoms with van der Waals surface area (Å²) in [6, 6.07) is 9.08. The first-order valence-corrected chi connectivity index (χ1v) is 10.6. The Kier molecular flexibility index (Phi) is 7.73. The molecule has 11 heteroatoms. The zero-order valence-corrected chi connectivity index (χ0v) is 17.7. The maximum absolute atomic E-state index is 13.1. The lowest BCUT2D eigenvalue weighted by Gasteiger charge is -2.23. The Morgan fingerprint density at radius 1 is 1.17 bits per heavy atom. The fraction of sp³-hybridized carbons (Fsp3) is 0.316. The first kappa shape index (κ1) is 24.0. The Balaban J connectivity index is 1.99. The van der Waals surface area contributed by atoms with Gasteiger partial charge in [-0.05, 0) is 43.3 Å². The summed E-state index contributed by atoms with van der Waals surface area (Å²) in [6.45, 7) is 1.51. The molecule has 0 saturated carbocycles. The molecule has 0 aromatic heterocycles. The molecule has 2 aromatic carbocycles. The number of sulfonamides is 1.